The summed E-state index contributed by atoms with van der Waals surface area (Å²) in [7, 11) is 0. The molecular formula is C18H13N5O. The molecule has 6 nitrogen and oxygen atoms in total. The Balaban J connectivity index is 1.74. The van der Waals surface area contributed by atoms with Crippen LogP contribution in [0.25, 0.3) is 21.8 Å². The van der Waals surface area contributed by atoms with Crippen LogP contribution in [0.5, 0.6) is 0 Å². The van der Waals surface area contributed by atoms with Crippen LogP contribution >= 0.6 is 0 Å². The highest BCUT2D eigenvalue weighted by Gasteiger charge is 2.11. The topological polar surface area (TPSA) is 79.8 Å². The minimum absolute atomic E-state index is 0.356. The number of carbonyl (C=O) groups excluding carboxylic acids is 1. The first kappa shape index (κ1) is 14.1. The van der Waals surface area contributed by atoms with E-state index >= 15 is 0 Å². The fourth-order valence-corrected chi connectivity index (χ4v) is 2.62. The van der Waals surface area contributed by atoms with Crippen molar-refractivity contribution in [2.75, 3.05) is 10.6 Å². The summed E-state index contributed by atoms with van der Waals surface area (Å²) in [5.74, 6) is 0. The summed E-state index contributed by atoms with van der Waals surface area (Å²) in [5, 5.41) is 7.53. The third-order valence-electron chi connectivity index (χ3n) is 3.64. The lowest BCUT2D eigenvalue weighted by molar-refractivity contribution is 0.262. The number of hydrogen-bond donors (Lipinski definition) is 2. The van der Waals surface area contributed by atoms with Gasteiger partial charge in [0.2, 0.25) is 0 Å². The van der Waals surface area contributed by atoms with E-state index in [2.05, 4.69) is 25.6 Å². The molecule has 0 saturated carbocycles. The number of rotatable bonds is 2. The van der Waals surface area contributed by atoms with E-state index in [1.165, 1.54) is 0 Å². The molecule has 0 aliphatic rings. The summed E-state index contributed by atoms with van der Waals surface area (Å²) in [6.07, 6.45) is 6.66. The van der Waals surface area contributed by atoms with E-state index in [0.29, 0.717) is 11.4 Å². The lowest BCUT2D eigenvalue weighted by Gasteiger charge is -2.11. The number of benzene rings is 1. The van der Waals surface area contributed by atoms with Gasteiger partial charge in [0.15, 0.2) is 0 Å². The molecule has 0 radical (unpaired) electrons. The van der Waals surface area contributed by atoms with Gasteiger partial charge >= 0.3 is 6.03 Å². The van der Waals surface area contributed by atoms with Gasteiger partial charge in [0.1, 0.15) is 0 Å². The summed E-state index contributed by atoms with van der Waals surface area (Å²) in [6.45, 7) is 0. The van der Waals surface area contributed by atoms with Crippen LogP contribution in [0.3, 0.4) is 0 Å². The first-order valence-corrected chi connectivity index (χ1v) is 7.42. The summed E-state index contributed by atoms with van der Waals surface area (Å²) < 4.78 is 0. The Morgan fingerprint density at radius 3 is 2.50 bits per heavy atom. The van der Waals surface area contributed by atoms with E-state index in [4.69, 9.17) is 0 Å². The van der Waals surface area contributed by atoms with Crippen LogP contribution in [0.2, 0.25) is 0 Å². The molecule has 0 fully saturated rings. The van der Waals surface area contributed by atoms with Crippen molar-refractivity contribution in [1.29, 1.82) is 0 Å². The molecule has 0 aliphatic heterocycles. The van der Waals surface area contributed by atoms with Crippen LogP contribution in [-0.2, 0) is 0 Å². The molecule has 3 aromatic heterocycles. The minimum atomic E-state index is -0.356. The predicted molar refractivity (Wildman–Crippen MR) is 93.9 cm³/mol. The predicted octanol–water partition coefficient (Wildman–Crippen LogP) is 3.82. The van der Waals surface area contributed by atoms with Crippen molar-refractivity contribution in [1.82, 2.24) is 15.0 Å². The van der Waals surface area contributed by atoms with Gasteiger partial charge in [-0.05, 0) is 30.3 Å². The van der Waals surface area contributed by atoms with Crippen LogP contribution in [-0.4, -0.2) is 21.0 Å². The lowest BCUT2D eigenvalue weighted by Crippen LogP contribution is -2.19. The fourth-order valence-electron chi connectivity index (χ4n) is 2.62. The zero-order valence-corrected chi connectivity index (χ0v) is 12.6. The van der Waals surface area contributed by atoms with Crippen molar-refractivity contribution in [2.45, 2.75) is 0 Å². The Hall–Kier alpha value is -3.54. The number of anilines is 2. The van der Waals surface area contributed by atoms with Gasteiger partial charge in [0.25, 0.3) is 0 Å². The Labute approximate surface area is 137 Å². The molecule has 24 heavy (non-hydrogen) atoms. The van der Waals surface area contributed by atoms with Crippen molar-refractivity contribution in [3.8, 4) is 0 Å². The maximum absolute atomic E-state index is 12.3. The number of nitrogens with zero attached hydrogens (tertiary/aromatic N) is 3. The average Bonchev–Trinajstić information content (AvgIpc) is 2.63. The number of aromatic nitrogens is 3. The van der Waals surface area contributed by atoms with E-state index < -0.39 is 0 Å². The second kappa shape index (κ2) is 5.92. The molecular weight excluding hydrogens is 302 g/mol. The van der Waals surface area contributed by atoms with Crippen LogP contribution in [0.15, 0.2) is 67.3 Å². The molecule has 0 unspecified atom stereocenters. The van der Waals surface area contributed by atoms with E-state index in [0.717, 1.165) is 21.8 Å². The number of amides is 2. The number of nitrogens with one attached hydrogen (secondary N) is 2. The number of hydrogen-bond acceptors (Lipinski definition) is 4. The SMILES string of the molecule is O=C(Nc1cccnc1)Nc1cc2ncccc2c2cccnc12. The fraction of sp³-hybridized carbons (Fsp3) is 0. The van der Waals surface area contributed by atoms with Gasteiger partial charge in [-0.2, -0.15) is 0 Å². The maximum Gasteiger partial charge on any atom is 0.323 e. The van der Waals surface area contributed by atoms with Crippen molar-refractivity contribution < 1.29 is 4.79 Å². The van der Waals surface area contributed by atoms with Crippen LogP contribution in [0, 0.1) is 0 Å². The Kier molecular flexibility index (Phi) is 3.47. The lowest BCUT2D eigenvalue weighted by atomic mass is 10.1. The smallest absolute Gasteiger partial charge is 0.306 e. The largest absolute Gasteiger partial charge is 0.323 e. The van der Waals surface area contributed by atoms with Crippen molar-refractivity contribution in [2.24, 2.45) is 0 Å². The first-order chi connectivity index (χ1) is 11.8. The third-order valence-corrected chi connectivity index (χ3v) is 3.64. The number of pyridine rings is 3. The highest BCUT2D eigenvalue weighted by molar-refractivity contribution is 6.13. The van der Waals surface area contributed by atoms with Gasteiger partial charge < -0.3 is 10.6 Å². The Bertz CT molecular complexity index is 1030. The van der Waals surface area contributed by atoms with Crippen LogP contribution < -0.4 is 10.6 Å². The van der Waals surface area contributed by atoms with Gasteiger partial charge in [-0.15, -0.1) is 0 Å². The van der Waals surface area contributed by atoms with Crippen molar-refractivity contribution >= 4 is 39.2 Å². The van der Waals surface area contributed by atoms with E-state index in [-0.39, 0.29) is 6.03 Å². The highest BCUT2D eigenvalue weighted by atomic mass is 16.2. The van der Waals surface area contributed by atoms with Crippen molar-refractivity contribution in [3.63, 3.8) is 0 Å². The van der Waals surface area contributed by atoms with Gasteiger partial charge in [0.05, 0.1) is 28.6 Å². The molecule has 0 saturated heterocycles. The van der Waals surface area contributed by atoms with Gasteiger partial charge in [-0.25, -0.2) is 4.79 Å². The minimum Gasteiger partial charge on any atom is -0.306 e. The van der Waals surface area contributed by atoms with E-state index in [1.807, 2.05) is 30.3 Å². The number of urea groups is 1. The van der Waals surface area contributed by atoms with Crippen LogP contribution in [0.4, 0.5) is 16.2 Å². The Morgan fingerprint density at radius 2 is 1.67 bits per heavy atom. The molecule has 0 atom stereocenters. The molecule has 3 heterocycles. The third kappa shape index (κ3) is 2.61. The van der Waals surface area contributed by atoms with E-state index in [9.17, 15) is 4.79 Å². The molecule has 0 spiro atoms. The standard InChI is InChI=1S/C18H13N5O/c24-18(22-12-4-1-7-19-11-12)23-16-10-15-13(5-2-8-20-15)14-6-3-9-21-17(14)16/h1-11H,(H2,22,23,24). The second-order valence-corrected chi connectivity index (χ2v) is 5.21. The molecule has 4 aromatic rings. The zero-order chi connectivity index (χ0) is 16.4. The molecule has 2 N–H and O–H groups in total. The highest BCUT2D eigenvalue weighted by Crippen LogP contribution is 2.29. The number of carbonyl (C=O) groups is 1. The van der Waals surface area contributed by atoms with Crippen LogP contribution in [0.1, 0.15) is 0 Å². The second-order valence-electron chi connectivity index (χ2n) is 5.21. The van der Waals surface area contributed by atoms with Gasteiger partial charge in [0, 0.05) is 29.4 Å². The summed E-state index contributed by atoms with van der Waals surface area (Å²) in [4.78, 5) is 25.0. The monoisotopic (exact) mass is 315 g/mol. The number of fused-ring (bicyclic) bond motifs is 3. The Morgan fingerprint density at radius 1 is 0.875 bits per heavy atom. The normalized spacial score (nSPS) is 10.7. The maximum atomic E-state index is 12.3. The molecule has 116 valence electrons. The molecule has 1 aromatic carbocycles. The molecule has 0 bridgehead atoms. The van der Waals surface area contributed by atoms with Crippen molar-refractivity contribution in [3.05, 3.63) is 67.3 Å². The van der Waals surface area contributed by atoms with Gasteiger partial charge in [-0.3, -0.25) is 15.0 Å². The summed E-state index contributed by atoms with van der Waals surface area (Å²) in [6, 6.07) is 12.7. The quantitative estimate of drug-likeness (QED) is 0.551. The summed E-state index contributed by atoms with van der Waals surface area (Å²) >= 11 is 0. The average molecular weight is 315 g/mol. The molecule has 4 rings (SSSR count). The molecule has 2 amide bonds. The van der Waals surface area contributed by atoms with Gasteiger partial charge in [-0.1, -0.05) is 12.1 Å². The molecule has 0 aliphatic carbocycles. The van der Waals surface area contributed by atoms with E-state index in [1.54, 1.807) is 36.9 Å². The zero-order valence-electron chi connectivity index (χ0n) is 12.6. The molecule has 6 heteroatoms. The summed E-state index contributed by atoms with van der Waals surface area (Å²) in [5.41, 5.74) is 2.75. The first-order valence-electron chi connectivity index (χ1n) is 7.42.